The van der Waals surface area contributed by atoms with E-state index in [0.29, 0.717) is 12.5 Å². The van der Waals surface area contributed by atoms with Crippen molar-refractivity contribution in [2.24, 2.45) is 11.7 Å². The molecule has 0 aromatic rings. The van der Waals surface area contributed by atoms with Crippen LogP contribution in [0.5, 0.6) is 0 Å². The minimum Gasteiger partial charge on any atom is -0.444 e. The van der Waals surface area contributed by atoms with Crippen molar-refractivity contribution in [3.8, 4) is 0 Å². The number of ether oxygens (including phenoxy) is 1. The number of piperidine rings is 1. The van der Waals surface area contributed by atoms with E-state index in [0.717, 1.165) is 26.2 Å². The molecule has 1 rings (SSSR count). The normalized spacial score (nSPS) is 21.2. The van der Waals surface area contributed by atoms with Crippen LogP contribution in [0, 0.1) is 5.92 Å². The summed E-state index contributed by atoms with van der Waals surface area (Å²) in [5.74, 6) is 0.526. The van der Waals surface area contributed by atoms with Crippen molar-refractivity contribution in [1.82, 2.24) is 9.80 Å². The standard InChI is InChI=1S/C14H29N3O2/c1-14(2,3)19-13(18)16(4)10-12-6-5-8-17(11-12)9-7-15/h12H,5-11,15H2,1-4H3/t12-/m1/s1. The first-order valence-electron chi connectivity index (χ1n) is 7.18. The molecule has 1 heterocycles. The van der Waals surface area contributed by atoms with Crippen molar-refractivity contribution >= 4 is 6.09 Å². The Morgan fingerprint density at radius 3 is 2.74 bits per heavy atom. The Kier molecular flexibility index (Phi) is 6.07. The molecule has 19 heavy (non-hydrogen) atoms. The summed E-state index contributed by atoms with van der Waals surface area (Å²) in [6.45, 7) is 10.2. The lowest BCUT2D eigenvalue weighted by molar-refractivity contribution is 0.0244. The molecule has 0 aromatic carbocycles. The molecule has 0 aliphatic carbocycles. The molecule has 0 bridgehead atoms. The van der Waals surface area contributed by atoms with Gasteiger partial charge in [0.05, 0.1) is 0 Å². The molecule has 0 spiro atoms. The number of nitrogens with two attached hydrogens (primary N) is 1. The number of rotatable bonds is 4. The first-order chi connectivity index (χ1) is 8.81. The van der Waals surface area contributed by atoms with Gasteiger partial charge in [-0.05, 0) is 46.1 Å². The van der Waals surface area contributed by atoms with Crippen LogP contribution in [0.3, 0.4) is 0 Å². The van der Waals surface area contributed by atoms with Crippen LogP contribution in [-0.4, -0.2) is 61.3 Å². The quantitative estimate of drug-likeness (QED) is 0.842. The minimum atomic E-state index is -0.427. The molecule has 0 unspecified atom stereocenters. The Morgan fingerprint density at radius 2 is 2.16 bits per heavy atom. The van der Waals surface area contributed by atoms with E-state index in [1.165, 1.54) is 12.8 Å². The summed E-state index contributed by atoms with van der Waals surface area (Å²) in [4.78, 5) is 16.0. The Morgan fingerprint density at radius 1 is 1.47 bits per heavy atom. The molecule has 0 aromatic heterocycles. The average Bonchev–Trinajstić information content (AvgIpc) is 2.27. The van der Waals surface area contributed by atoms with Gasteiger partial charge in [0.25, 0.3) is 0 Å². The van der Waals surface area contributed by atoms with Gasteiger partial charge in [-0.15, -0.1) is 0 Å². The highest BCUT2D eigenvalue weighted by molar-refractivity contribution is 5.67. The topological polar surface area (TPSA) is 58.8 Å². The maximum Gasteiger partial charge on any atom is 0.410 e. The van der Waals surface area contributed by atoms with Gasteiger partial charge in [0.1, 0.15) is 5.60 Å². The smallest absolute Gasteiger partial charge is 0.410 e. The maximum atomic E-state index is 11.9. The zero-order chi connectivity index (χ0) is 14.5. The monoisotopic (exact) mass is 271 g/mol. The molecule has 1 amide bonds. The van der Waals surface area contributed by atoms with Crippen molar-refractivity contribution in [2.75, 3.05) is 39.8 Å². The van der Waals surface area contributed by atoms with E-state index in [-0.39, 0.29) is 6.09 Å². The number of carbonyl (C=O) groups excluding carboxylic acids is 1. The maximum absolute atomic E-state index is 11.9. The molecule has 2 N–H and O–H groups in total. The molecule has 1 aliphatic rings. The van der Waals surface area contributed by atoms with E-state index < -0.39 is 5.60 Å². The predicted molar refractivity (Wildman–Crippen MR) is 77.1 cm³/mol. The molecule has 1 fully saturated rings. The molecule has 5 heteroatoms. The van der Waals surface area contributed by atoms with Crippen LogP contribution in [-0.2, 0) is 4.74 Å². The Balaban J connectivity index is 2.39. The zero-order valence-corrected chi connectivity index (χ0v) is 12.8. The van der Waals surface area contributed by atoms with Crippen LogP contribution in [0.15, 0.2) is 0 Å². The number of nitrogens with zero attached hydrogens (tertiary/aromatic N) is 2. The van der Waals surface area contributed by atoms with Crippen molar-refractivity contribution in [3.63, 3.8) is 0 Å². The number of hydrogen-bond donors (Lipinski definition) is 1. The van der Waals surface area contributed by atoms with Gasteiger partial charge in [0, 0.05) is 33.2 Å². The fourth-order valence-electron chi connectivity index (χ4n) is 2.49. The van der Waals surface area contributed by atoms with Gasteiger partial charge in [-0.25, -0.2) is 4.79 Å². The fourth-order valence-corrected chi connectivity index (χ4v) is 2.49. The average molecular weight is 271 g/mol. The summed E-state index contributed by atoms with van der Waals surface area (Å²) in [7, 11) is 1.82. The summed E-state index contributed by atoms with van der Waals surface area (Å²) >= 11 is 0. The second-order valence-electron chi connectivity index (χ2n) is 6.46. The molecule has 1 saturated heterocycles. The molecule has 0 radical (unpaired) electrons. The summed E-state index contributed by atoms with van der Waals surface area (Å²) < 4.78 is 5.37. The number of hydrogen-bond acceptors (Lipinski definition) is 4. The third-order valence-corrected chi connectivity index (χ3v) is 3.29. The molecule has 5 nitrogen and oxygen atoms in total. The van der Waals surface area contributed by atoms with Crippen LogP contribution < -0.4 is 5.73 Å². The SMILES string of the molecule is CN(C[C@H]1CCCN(CCN)C1)C(=O)OC(C)(C)C. The molecule has 1 atom stereocenters. The summed E-state index contributed by atoms with van der Waals surface area (Å²) in [5, 5.41) is 0. The number of carbonyl (C=O) groups is 1. The molecule has 0 saturated carbocycles. The van der Waals surface area contributed by atoms with Crippen molar-refractivity contribution < 1.29 is 9.53 Å². The van der Waals surface area contributed by atoms with Crippen LogP contribution in [0.2, 0.25) is 0 Å². The van der Waals surface area contributed by atoms with Gasteiger partial charge >= 0.3 is 6.09 Å². The minimum absolute atomic E-state index is 0.233. The van der Waals surface area contributed by atoms with E-state index >= 15 is 0 Å². The summed E-state index contributed by atoms with van der Waals surface area (Å²) in [5.41, 5.74) is 5.17. The second kappa shape index (κ2) is 7.10. The lowest BCUT2D eigenvalue weighted by Crippen LogP contribution is -2.44. The highest BCUT2D eigenvalue weighted by Gasteiger charge is 2.24. The molecular weight excluding hydrogens is 242 g/mol. The third-order valence-electron chi connectivity index (χ3n) is 3.29. The van der Waals surface area contributed by atoms with Crippen LogP contribution in [0.4, 0.5) is 4.79 Å². The van der Waals surface area contributed by atoms with E-state index in [9.17, 15) is 4.79 Å². The Labute approximate surface area is 117 Å². The first kappa shape index (κ1) is 16.2. The summed E-state index contributed by atoms with van der Waals surface area (Å²) in [6, 6.07) is 0. The van der Waals surface area contributed by atoms with E-state index in [2.05, 4.69) is 4.90 Å². The Bertz CT molecular complexity index is 287. The third kappa shape index (κ3) is 6.25. The second-order valence-corrected chi connectivity index (χ2v) is 6.46. The highest BCUT2D eigenvalue weighted by atomic mass is 16.6. The van der Waals surface area contributed by atoms with E-state index in [4.69, 9.17) is 10.5 Å². The zero-order valence-electron chi connectivity index (χ0n) is 12.8. The molecule has 1 aliphatic heterocycles. The first-order valence-corrected chi connectivity index (χ1v) is 7.18. The van der Waals surface area contributed by atoms with Crippen LogP contribution >= 0.6 is 0 Å². The summed E-state index contributed by atoms with van der Waals surface area (Å²) in [6.07, 6.45) is 2.13. The van der Waals surface area contributed by atoms with Gasteiger partial charge in [0.2, 0.25) is 0 Å². The lowest BCUT2D eigenvalue weighted by atomic mass is 9.97. The fraction of sp³-hybridized carbons (Fsp3) is 0.929. The van der Waals surface area contributed by atoms with Crippen molar-refractivity contribution in [3.05, 3.63) is 0 Å². The Hall–Kier alpha value is -0.810. The lowest BCUT2D eigenvalue weighted by Gasteiger charge is -2.34. The van der Waals surface area contributed by atoms with Gasteiger partial charge in [-0.2, -0.15) is 0 Å². The predicted octanol–water partition coefficient (Wildman–Crippen LogP) is 1.52. The molecule has 112 valence electrons. The van der Waals surface area contributed by atoms with Crippen molar-refractivity contribution in [1.29, 1.82) is 0 Å². The molecular formula is C14H29N3O2. The van der Waals surface area contributed by atoms with Crippen LogP contribution in [0.1, 0.15) is 33.6 Å². The van der Waals surface area contributed by atoms with Gasteiger partial charge in [0.15, 0.2) is 0 Å². The number of likely N-dealkylation sites (tertiary alicyclic amines) is 1. The van der Waals surface area contributed by atoms with E-state index in [1.807, 2.05) is 27.8 Å². The van der Waals surface area contributed by atoms with Gasteiger partial charge < -0.3 is 20.3 Å². The number of amides is 1. The highest BCUT2D eigenvalue weighted by Crippen LogP contribution is 2.18. The van der Waals surface area contributed by atoms with Crippen molar-refractivity contribution in [2.45, 2.75) is 39.2 Å². The largest absolute Gasteiger partial charge is 0.444 e. The van der Waals surface area contributed by atoms with Gasteiger partial charge in [-0.1, -0.05) is 0 Å². The van der Waals surface area contributed by atoms with E-state index in [1.54, 1.807) is 4.90 Å². The van der Waals surface area contributed by atoms with Gasteiger partial charge in [-0.3, -0.25) is 0 Å². The van der Waals surface area contributed by atoms with Crippen LogP contribution in [0.25, 0.3) is 0 Å².